The summed E-state index contributed by atoms with van der Waals surface area (Å²) in [6, 6.07) is 3.61. The second-order valence-electron chi connectivity index (χ2n) is 7.92. The molecule has 0 fully saturated rings. The van der Waals surface area contributed by atoms with E-state index in [1.165, 1.54) is 27.6 Å². The molecule has 2 heterocycles. The van der Waals surface area contributed by atoms with E-state index in [2.05, 4.69) is 31.4 Å². The number of carbonyl (C=O) groups is 2. The molecule has 1 aliphatic carbocycles. The van der Waals surface area contributed by atoms with Crippen molar-refractivity contribution in [1.82, 2.24) is 5.32 Å². The van der Waals surface area contributed by atoms with Gasteiger partial charge in [-0.3, -0.25) is 9.59 Å². The molecule has 2 aromatic rings. The molecule has 5 nitrogen and oxygen atoms in total. The molecular formula is C20H26N2O3S2. The van der Waals surface area contributed by atoms with Gasteiger partial charge in [0.2, 0.25) is 0 Å². The number of aliphatic hydroxyl groups excluding tert-OH is 1. The Labute approximate surface area is 167 Å². The van der Waals surface area contributed by atoms with Crippen LogP contribution < -0.4 is 10.6 Å². The van der Waals surface area contributed by atoms with Gasteiger partial charge in [-0.1, -0.05) is 26.8 Å². The Morgan fingerprint density at radius 2 is 2.07 bits per heavy atom. The van der Waals surface area contributed by atoms with Gasteiger partial charge in [0, 0.05) is 11.4 Å². The highest BCUT2D eigenvalue weighted by Gasteiger charge is 2.34. The third kappa shape index (κ3) is 4.42. The predicted octanol–water partition coefficient (Wildman–Crippen LogP) is 3.94. The Bertz CT molecular complexity index is 819. The quantitative estimate of drug-likeness (QED) is 0.704. The maximum Gasteiger partial charge on any atom is 0.266 e. The summed E-state index contributed by atoms with van der Waals surface area (Å²) in [6.07, 6.45) is 2.80. The van der Waals surface area contributed by atoms with Crippen molar-refractivity contribution in [3.05, 3.63) is 38.4 Å². The van der Waals surface area contributed by atoms with E-state index in [-0.39, 0.29) is 30.4 Å². The van der Waals surface area contributed by atoms with Crippen molar-refractivity contribution in [1.29, 1.82) is 0 Å². The standard InChI is InChI=1S/C20H26N2O3S2/c1-20(2,3)12-6-7-13-15(11-12)27-19(16(13)18(25)21-8-9-23)22-17(24)14-5-4-10-26-14/h4-5,10,12,23H,6-9,11H2,1-3H3,(H,21,25)(H,22,24). The zero-order valence-electron chi connectivity index (χ0n) is 15.9. The summed E-state index contributed by atoms with van der Waals surface area (Å²) in [6.45, 7) is 6.85. The Hall–Kier alpha value is -1.70. The van der Waals surface area contributed by atoms with Crippen molar-refractivity contribution >= 4 is 39.5 Å². The summed E-state index contributed by atoms with van der Waals surface area (Å²) in [7, 11) is 0. The van der Waals surface area contributed by atoms with Gasteiger partial charge >= 0.3 is 0 Å². The third-order valence-corrected chi connectivity index (χ3v) is 7.12. The molecule has 146 valence electrons. The normalized spacial score (nSPS) is 16.7. The number of carbonyl (C=O) groups excluding carboxylic acids is 2. The van der Waals surface area contributed by atoms with Gasteiger partial charge in [-0.05, 0) is 47.6 Å². The molecule has 1 unspecified atom stereocenters. The van der Waals surface area contributed by atoms with E-state index >= 15 is 0 Å². The van der Waals surface area contributed by atoms with Gasteiger partial charge in [-0.15, -0.1) is 22.7 Å². The Kier molecular flexibility index (Phi) is 6.03. The summed E-state index contributed by atoms with van der Waals surface area (Å²) in [5.74, 6) is 0.141. The first kappa shape index (κ1) is 20.0. The van der Waals surface area contributed by atoms with E-state index in [1.807, 2.05) is 11.4 Å². The van der Waals surface area contributed by atoms with Crippen LogP contribution in [0.5, 0.6) is 0 Å². The maximum absolute atomic E-state index is 12.7. The number of aliphatic hydroxyl groups is 1. The lowest BCUT2D eigenvalue weighted by Crippen LogP contribution is -2.30. The first-order valence-corrected chi connectivity index (χ1v) is 10.9. The van der Waals surface area contributed by atoms with Crippen molar-refractivity contribution in [3.63, 3.8) is 0 Å². The van der Waals surface area contributed by atoms with Crippen LogP contribution in [0.2, 0.25) is 0 Å². The van der Waals surface area contributed by atoms with Crippen LogP contribution in [0.25, 0.3) is 0 Å². The molecule has 0 spiro atoms. The van der Waals surface area contributed by atoms with Crippen molar-refractivity contribution < 1.29 is 14.7 Å². The molecule has 3 N–H and O–H groups in total. The van der Waals surface area contributed by atoms with E-state index in [0.717, 1.165) is 24.8 Å². The van der Waals surface area contributed by atoms with Crippen LogP contribution in [0.4, 0.5) is 5.00 Å². The molecule has 2 amide bonds. The number of rotatable bonds is 5. The minimum absolute atomic E-state index is 0.110. The molecule has 0 saturated heterocycles. The first-order chi connectivity index (χ1) is 12.8. The summed E-state index contributed by atoms with van der Waals surface area (Å²) in [5.41, 5.74) is 1.83. The summed E-state index contributed by atoms with van der Waals surface area (Å²) in [4.78, 5) is 27.1. The first-order valence-electron chi connectivity index (χ1n) is 9.19. The SMILES string of the molecule is CC(C)(C)C1CCc2c(sc(NC(=O)c3cccs3)c2C(=O)NCCO)C1. The van der Waals surface area contributed by atoms with E-state index in [9.17, 15) is 9.59 Å². The van der Waals surface area contributed by atoms with Crippen LogP contribution >= 0.6 is 22.7 Å². The second kappa shape index (κ2) is 8.12. The molecule has 1 atom stereocenters. The number of fused-ring (bicyclic) bond motifs is 1. The lowest BCUT2D eigenvalue weighted by atomic mass is 9.72. The molecule has 0 saturated carbocycles. The molecule has 0 aromatic carbocycles. The van der Waals surface area contributed by atoms with Crippen LogP contribution in [0.3, 0.4) is 0 Å². The van der Waals surface area contributed by atoms with E-state index in [0.29, 0.717) is 21.4 Å². The van der Waals surface area contributed by atoms with Crippen LogP contribution in [-0.4, -0.2) is 30.1 Å². The molecule has 1 aliphatic rings. The molecule has 0 radical (unpaired) electrons. The molecule has 2 aromatic heterocycles. The Morgan fingerprint density at radius 3 is 2.70 bits per heavy atom. The van der Waals surface area contributed by atoms with Crippen molar-refractivity contribution in [2.45, 2.75) is 40.0 Å². The number of hydrogen-bond donors (Lipinski definition) is 3. The number of thiophene rings is 2. The lowest BCUT2D eigenvalue weighted by Gasteiger charge is -2.33. The molecular weight excluding hydrogens is 380 g/mol. The number of hydrogen-bond acceptors (Lipinski definition) is 5. The smallest absolute Gasteiger partial charge is 0.266 e. The monoisotopic (exact) mass is 406 g/mol. The average Bonchev–Trinajstić information content (AvgIpc) is 3.25. The molecule has 0 aliphatic heterocycles. The Morgan fingerprint density at radius 1 is 1.30 bits per heavy atom. The Balaban J connectivity index is 1.93. The highest BCUT2D eigenvalue weighted by molar-refractivity contribution is 7.17. The van der Waals surface area contributed by atoms with Gasteiger partial charge in [-0.25, -0.2) is 0 Å². The summed E-state index contributed by atoms with van der Waals surface area (Å²) >= 11 is 2.89. The van der Waals surface area contributed by atoms with E-state index in [4.69, 9.17) is 5.11 Å². The largest absolute Gasteiger partial charge is 0.395 e. The summed E-state index contributed by atoms with van der Waals surface area (Å²) in [5, 5.41) is 17.2. The van der Waals surface area contributed by atoms with E-state index < -0.39 is 0 Å². The number of amides is 2. The van der Waals surface area contributed by atoms with Gasteiger partial charge in [0.15, 0.2) is 0 Å². The zero-order valence-corrected chi connectivity index (χ0v) is 17.6. The molecule has 27 heavy (non-hydrogen) atoms. The fourth-order valence-electron chi connectivity index (χ4n) is 3.48. The van der Waals surface area contributed by atoms with Gasteiger partial charge in [-0.2, -0.15) is 0 Å². The second-order valence-corrected chi connectivity index (χ2v) is 9.98. The topological polar surface area (TPSA) is 78.4 Å². The predicted molar refractivity (Wildman–Crippen MR) is 111 cm³/mol. The minimum Gasteiger partial charge on any atom is -0.395 e. The van der Waals surface area contributed by atoms with Crippen molar-refractivity contribution in [3.8, 4) is 0 Å². The van der Waals surface area contributed by atoms with Crippen LogP contribution in [0, 0.1) is 11.3 Å². The van der Waals surface area contributed by atoms with Crippen molar-refractivity contribution in [2.75, 3.05) is 18.5 Å². The number of nitrogens with one attached hydrogen (secondary N) is 2. The van der Waals surface area contributed by atoms with Crippen LogP contribution in [-0.2, 0) is 12.8 Å². The van der Waals surface area contributed by atoms with E-state index in [1.54, 1.807) is 6.07 Å². The number of anilines is 1. The minimum atomic E-state index is -0.225. The fraction of sp³-hybridized carbons (Fsp3) is 0.500. The zero-order chi connectivity index (χ0) is 19.6. The van der Waals surface area contributed by atoms with Crippen LogP contribution in [0.15, 0.2) is 17.5 Å². The van der Waals surface area contributed by atoms with Gasteiger partial charge in [0.1, 0.15) is 5.00 Å². The highest BCUT2D eigenvalue weighted by Crippen LogP contribution is 2.44. The van der Waals surface area contributed by atoms with Gasteiger partial charge in [0.25, 0.3) is 11.8 Å². The summed E-state index contributed by atoms with van der Waals surface area (Å²) < 4.78 is 0. The van der Waals surface area contributed by atoms with Gasteiger partial charge in [0.05, 0.1) is 17.0 Å². The van der Waals surface area contributed by atoms with Crippen LogP contribution in [0.1, 0.15) is 57.7 Å². The van der Waals surface area contributed by atoms with Gasteiger partial charge < -0.3 is 15.7 Å². The third-order valence-electron chi connectivity index (χ3n) is 5.09. The maximum atomic E-state index is 12.7. The molecule has 3 rings (SSSR count). The van der Waals surface area contributed by atoms with Crippen molar-refractivity contribution in [2.24, 2.45) is 11.3 Å². The highest BCUT2D eigenvalue weighted by atomic mass is 32.1. The fourth-order valence-corrected chi connectivity index (χ4v) is 5.42. The molecule has 0 bridgehead atoms. The lowest BCUT2D eigenvalue weighted by molar-refractivity contribution is 0.0944. The average molecular weight is 407 g/mol. The molecule has 7 heteroatoms.